The van der Waals surface area contributed by atoms with Crippen LogP contribution in [0.3, 0.4) is 0 Å². The van der Waals surface area contributed by atoms with Crippen molar-refractivity contribution >= 4 is 22.8 Å². The van der Waals surface area contributed by atoms with Crippen molar-refractivity contribution in [2.45, 2.75) is 32.2 Å². The Morgan fingerprint density at radius 2 is 2.35 bits per heavy atom. The lowest BCUT2D eigenvalue weighted by molar-refractivity contribution is -0.131. The molecule has 1 atom stereocenters. The number of likely N-dealkylation sites (N-methyl/N-ethyl adjacent to an activating group) is 1. The SMILES string of the molecule is CC(Cc1cnccn1)N(C)C(=O)CC1=CSC2=NCCCN12. The highest BCUT2D eigenvalue weighted by molar-refractivity contribution is 8.16. The Morgan fingerprint density at radius 3 is 3.13 bits per heavy atom. The fourth-order valence-electron chi connectivity index (χ4n) is 2.67. The summed E-state index contributed by atoms with van der Waals surface area (Å²) in [6, 6.07) is 0.0864. The molecular formula is C16H21N5OS. The zero-order chi connectivity index (χ0) is 16.2. The summed E-state index contributed by atoms with van der Waals surface area (Å²) in [6.45, 7) is 3.89. The predicted molar refractivity (Wildman–Crippen MR) is 91.9 cm³/mol. The molecule has 6 nitrogen and oxygen atoms in total. The molecule has 0 radical (unpaired) electrons. The van der Waals surface area contributed by atoms with Crippen LogP contribution >= 0.6 is 11.8 Å². The Hall–Kier alpha value is -1.89. The molecule has 2 aliphatic heterocycles. The Balaban J connectivity index is 1.57. The summed E-state index contributed by atoms with van der Waals surface area (Å²) < 4.78 is 0. The smallest absolute Gasteiger partial charge is 0.228 e. The van der Waals surface area contributed by atoms with Crippen molar-refractivity contribution in [2.75, 3.05) is 20.1 Å². The molecule has 1 aromatic rings. The standard InChI is InChI=1S/C16H21N5OS/c1-12(8-13-10-17-5-6-18-13)20(2)15(22)9-14-11-23-16-19-4-3-7-21(14)16/h5-6,10-12H,3-4,7-9H2,1-2H3. The minimum absolute atomic E-state index is 0.0864. The molecule has 1 aromatic heterocycles. The minimum atomic E-state index is 0.0864. The van der Waals surface area contributed by atoms with Gasteiger partial charge in [-0.25, -0.2) is 0 Å². The van der Waals surface area contributed by atoms with Crippen LogP contribution in [0, 0.1) is 0 Å². The van der Waals surface area contributed by atoms with Gasteiger partial charge >= 0.3 is 0 Å². The maximum atomic E-state index is 12.6. The molecule has 7 heteroatoms. The van der Waals surface area contributed by atoms with Crippen LogP contribution < -0.4 is 0 Å². The van der Waals surface area contributed by atoms with Crippen LogP contribution in [0.25, 0.3) is 0 Å². The predicted octanol–water partition coefficient (Wildman–Crippen LogP) is 1.91. The lowest BCUT2D eigenvalue weighted by Crippen LogP contribution is -2.38. The van der Waals surface area contributed by atoms with Crippen LogP contribution in [0.15, 0.2) is 34.7 Å². The normalized spacial score (nSPS) is 18.1. The molecule has 3 rings (SSSR count). The number of carbonyl (C=O) groups excluding carboxylic acids is 1. The monoisotopic (exact) mass is 331 g/mol. The first-order valence-corrected chi connectivity index (χ1v) is 8.71. The van der Waals surface area contributed by atoms with Gasteiger partial charge in [0.25, 0.3) is 0 Å². The Kier molecular flexibility index (Phi) is 4.95. The van der Waals surface area contributed by atoms with E-state index in [2.05, 4.69) is 25.3 Å². The van der Waals surface area contributed by atoms with Crippen LogP contribution in [0.1, 0.15) is 25.5 Å². The Morgan fingerprint density at radius 1 is 1.48 bits per heavy atom. The van der Waals surface area contributed by atoms with Gasteiger partial charge < -0.3 is 9.80 Å². The number of aromatic nitrogens is 2. The summed E-state index contributed by atoms with van der Waals surface area (Å²) in [4.78, 5) is 29.4. The summed E-state index contributed by atoms with van der Waals surface area (Å²) in [5, 5.41) is 3.10. The van der Waals surface area contributed by atoms with E-state index in [1.54, 1.807) is 35.3 Å². The lowest BCUT2D eigenvalue weighted by atomic mass is 10.1. The fourth-order valence-corrected chi connectivity index (χ4v) is 3.63. The van der Waals surface area contributed by atoms with Gasteiger partial charge in [-0.05, 0) is 18.8 Å². The average Bonchev–Trinajstić information content (AvgIpc) is 2.98. The lowest BCUT2D eigenvalue weighted by Gasteiger charge is -2.28. The quantitative estimate of drug-likeness (QED) is 0.825. The molecule has 1 unspecified atom stereocenters. The molecule has 0 N–H and O–H groups in total. The third-order valence-corrected chi connectivity index (χ3v) is 5.12. The molecule has 0 aromatic carbocycles. The van der Waals surface area contributed by atoms with Crippen molar-refractivity contribution < 1.29 is 4.79 Å². The van der Waals surface area contributed by atoms with E-state index in [4.69, 9.17) is 0 Å². The van der Waals surface area contributed by atoms with E-state index in [-0.39, 0.29) is 11.9 Å². The van der Waals surface area contributed by atoms with Gasteiger partial charge in [0.05, 0.1) is 12.1 Å². The number of aliphatic imine (C=N–C) groups is 1. The molecule has 0 aliphatic carbocycles. The highest BCUT2D eigenvalue weighted by Crippen LogP contribution is 2.30. The van der Waals surface area contributed by atoms with Crippen LogP contribution in [0.2, 0.25) is 0 Å². The highest BCUT2D eigenvalue weighted by Gasteiger charge is 2.27. The maximum absolute atomic E-state index is 12.6. The van der Waals surface area contributed by atoms with Crippen molar-refractivity contribution in [3.8, 4) is 0 Å². The summed E-state index contributed by atoms with van der Waals surface area (Å²) in [5.41, 5.74) is 1.97. The molecule has 23 heavy (non-hydrogen) atoms. The second kappa shape index (κ2) is 7.12. The van der Waals surface area contributed by atoms with Crippen molar-refractivity contribution in [1.29, 1.82) is 0 Å². The van der Waals surface area contributed by atoms with Crippen LogP contribution in [0.5, 0.6) is 0 Å². The summed E-state index contributed by atoms with van der Waals surface area (Å²) in [5.74, 6) is 0.125. The van der Waals surface area contributed by atoms with Gasteiger partial charge in [0.15, 0.2) is 5.17 Å². The van der Waals surface area contributed by atoms with E-state index < -0.39 is 0 Å². The zero-order valence-corrected chi connectivity index (χ0v) is 14.3. The number of amides is 1. The molecule has 0 bridgehead atoms. The first-order chi connectivity index (χ1) is 11.1. The average molecular weight is 331 g/mol. The first-order valence-electron chi connectivity index (χ1n) is 7.83. The number of fused-ring (bicyclic) bond motifs is 1. The second-order valence-corrected chi connectivity index (χ2v) is 6.66. The summed E-state index contributed by atoms with van der Waals surface area (Å²) >= 11 is 1.62. The van der Waals surface area contributed by atoms with Gasteiger partial charge in [0.2, 0.25) is 5.91 Å². The third-order valence-electron chi connectivity index (χ3n) is 4.17. The maximum Gasteiger partial charge on any atom is 0.228 e. The molecule has 0 fully saturated rings. The van der Waals surface area contributed by atoms with E-state index in [0.29, 0.717) is 12.8 Å². The topological polar surface area (TPSA) is 61.7 Å². The number of nitrogens with zero attached hydrogens (tertiary/aromatic N) is 5. The highest BCUT2D eigenvalue weighted by atomic mass is 32.2. The number of hydrogen-bond donors (Lipinski definition) is 0. The van der Waals surface area contributed by atoms with Crippen molar-refractivity contribution in [2.24, 2.45) is 4.99 Å². The molecule has 0 saturated carbocycles. The van der Waals surface area contributed by atoms with E-state index in [1.165, 1.54) is 0 Å². The van der Waals surface area contributed by atoms with Crippen LogP contribution in [0.4, 0.5) is 0 Å². The number of amidine groups is 1. The number of carbonyl (C=O) groups is 1. The van der Waals surface area contributed by atoms with Gasteiger partial charge in [-0.2, -0.15) is 0 Å². The summed E-state index contributed by atoms with van der Waals surface area (Å²) in [7, 11) is 1.86. The van der Waals surface area contributed by atoms with E-state index in [9.17, 15) is 4.79 Å². The van der Waals surface area contributed by atoms with E-state index in [0.717, 1.165) is 36.1 Å². The Bertz CT molecular complexity index is 631. The number of rotatable bonds is 5. The van der Waals surface area contributed by atoms with Crippen molar-refractivity contribution in [3.05, 3.63) is 35.4 Å². The number of hydrogen-bond acceptors (Lipinski definition) is 6. The molecular weight excluding hydrogens is 310 g/mol. The molecule has 3 heterocycles. The van der Waals surface area contributed by atoms with E-state index >= 15 is 0 Å². The van der Waals surface area contributed by atoms with Crippen molar-refractivity contribution in [3.63, 3.8) is 0 Å². The zero-order valence-electron chi connectivity index (χ0n) is 13.5. The minimum Gasteiger partial charge on any atom is -0.342 e. The molecule has 0 saturated heterocycles. The fraction of sp³-hybridized carbons (Fsp3) is 0.500. The van der Waals surface area contributed by atoms with Crippen molar-refractivity contribution in [1.82, 2.24) is 19.8 Å². The van der Waals surface area contributed by atoms with Gasteiger partial charge in [-0.15, -0.1) is 0 Å². The third kappa shape index (κ3) is 3.72. The second-order valence-electron chi connectivity index (χ2n) is 5.83. The Labute approximate surface area is 140 Å². The van der Waals surface area contributed by atoms with Gasteiger partial charge in [-0.1, -0.05) is 11.8 Å². The van der Waals surface area contributed by atoms with E-state index in [1.807, 2.05) is 14.0 Å². The van der Waals surface area contributed by atoms with Crippen LogP contribution in [-0.2, 0) is 11.2 Å². The van der Waals surface area contributed by atoms with Gasteiger partial charge in [-0.3, -0.25) is 19.8 Å². The largest absolute Gasteiger partial charge is 0.342 e. The summed E-state index contributed by atoms with van der Waals surface area (Å²) in [6.07, 6.45) is 7.27. The number of thioether (sulfide) groups is 1. The molecule has 2 aliphatic rings. The molecule has 0 spiro atoms. The molecule has 122 valence electrons. The first kappa shape index (κ1) is 16.0. The van der Waals surface area contributed by atoms with Crippen LogP contribution in [-0.4, -0.2) is 57.0 Å². The van der Waals surface area contributed by atoms with Gasteiger partial charge in [0, 0.05) is 56.9 Å². The molecule has 1 amide bonds. The van der Waals surface area contributed by atoms with Gasteiger partial charge in [0.1, 0.15) is 0 Å².